The van der Waals surface area contributed by atoms with Crippen LogP contribution in [0.15, 0.2) is 17.0 Å². The minimum atomic E-state index is -3.47. The Hall–Kier alpha value is -1.27. The molecule has 1 heterocycles. The molecule has 1 aliphatic rings. The Morgan fingerprint density at radius 1 is 1.38 bits per heavy atom. The molecule has 0 aliphatic carbocycles. The van der Waals surface area contributed by atoms with Gasteiger partial charge in [0, 0.05) is 6.42 Å². The molecular formula is C9H9ClN2O3S. The SMILES string of the molecule is Nc1cc2c(cc1Cl)S(=O)(=O)CCC(=O)N2. The highest BCUT2D eigenvalue weighted by Crippen LogP contribution is 2.32. The third-order valence-electron chi connectivity index (χ3n) is 2.31. The number of carbonyl (C=O) groups excluding carboxylic acids is 1. The molecule has 0 saturated heterocycles. The molecule has 0 saturated carbocycles. The second-order valence-corrected chi connectivity index (χ2v) is 5.97. The van der Waals surface area contributed by atoms with Crippen LogP contribution in [-0.4, -0.2) is 20.1 Å². The van der Waals surface area contributed by atoms with Crippen molar-refractivity contribution >= 4 is 38.7 Å². The van der Waals surface area contributed by atoms with Gasteiger partial charge in [-0.25, -0.2) is 8.42 Å². The summed E-state index contributed by atoms with van der Waals surface area (Å²) in [5, 5.41) is 2.65. The lowest BCUT2D eigenvalue weighted by molar-refractivity contribution is -0.115. The summed E-state index contributed by atoms with van der Waals surface area (Å²) in [5.74, 6) is -0.560. The molecule has 0 atom stereocenters. The van der Waals surface area contributed by atoms with E-state index in [0.29, 0.717) is 0 Å². The van der Waals surface area contributed by atoms with Gasteiger partial charge in [0.1, 0.15) is 0 Å². The van der Waals surface area contributed by atoms with Crippen LogP contribution in [-0.2, 0) is 14.6 Å². The number of amides is 1. The van der Waals surface area contributed by atoms with Crippen LogP contribution in [0.2, 0.25) is 5.02 Å². The zero-order valence-corrected chi connectivity index (χ0v) is 9.73. The molecule has 2 rings (SSSR count). The van der Waals surface area contributed by atoms with E-state index >= 15 is 0 Å². The molecule has 7 heteroatoms. The lowest BCUT2D eigenvalue weighted by Gasteiger charge is -2.08. The number of nitrogens with two attached hydrogens (primary N) is 1. The number of sulfone groups is 1. The summed E-state index contributed by atoms with van der Waals surface area (Å²) < 4.78 is 23.6. The Balaban J connectivity index is 2.71. The van der Waals surface area contributed by atoms with E-state index in [1.807, 2.05) is 0 Å². The highest BCUT2D eigenvalue weighted by Gasteiger charge is 2.26. The maximum atomic E-state index is 11.8. The number of rotatable bonds is 0. The van der Waals surface area contributed by atoms with E-state index in [1.165, 1.54) is 12.1 Å². The summed E-state index contributed by atoms with van der Waals surface area (Å²) in [4.78, 5) is 11.3. The van der Waals surface area contributed by atoms with E-state index in [9.17, 15) is 13.2 Å². The van der Waals surface area contributed by atoms with Crippen LogP contribution < -0.4 is 11.1 Å². The smallest absolute Gasteiger partial charge is 0.225 e. The summed E-state index contributed by atoms with van der Waals surface area (Å²) in [5.41, 5.74) is 5.98. The van der Waals surface area contributed by atoms with Gasteiger partial charge in [-0.1, -0.05) is 11.6 Å². The molecule has 1 aromatic rings. The molecular weight excluding hydrogens is 252 g/mol. The van der Waals surface area contributed by atoms with Gasteiger partial charge in [0.15, 0.2) is 9.84 Å². The van der Waals surface area contributed by atoms with Crippen molar-refractivity contribution in [2.24, 2.45) is 0 Å². The van der Waals surface area contributed by atoms with Crippen LogP contribution in [0.4, 0.5) is 11.4 Å². The molecule has 1 aliphatic heterocycles. The van der Waals surface area contributed by atoms with Gasteiger partial charge in [0.2, 0.25) is 5.91 Å². The Kier molecular flexibility index (Phi) is 2.55. The van der Waals surface area contributed by atoms with Gasteiger partial charge in [0.05, 0.1) is 27.0 Å². The molecule has 0 radical (unpaired) electrons. The number of benzene rings is 1. The first kappa shape index (κ1) is 11.2. The lowest BCUT2D eigenvalue weighted by Crippen LogP contribution is -2.11. The molecule has 0 fully saturated rings. The number of nitrogen functional groups attached to an aromatic ring is 1. The standard InChI is InChI=1S/C9H9ClN2O3S/c10-5-3-8-7(4-6(5)11)12-9(13)1-2-16(8,14)15/h3-4H,1-2,11H2,(H,12,13). The summed E-state index contributed by atoms with van der Waals surface area (Å²) in [6.45, 7) is 0. The van der Waals surface area contributed by atoms with E-state index in [-0.39, 0.29) is 39.4 Å². The van der Waals surface area contributed by atoms with Gasteiger partial charge in [-0.2, -0.15) is 0 Å². The van der Waals surface area contributed by atoms with Crippen molar-refractivity contribution in [3.05, 3.63) is 17.2 Å². The quantitative estimate of drug-likeness (QED) is 0.682. The topological polar surface area (TPSA) is 89.3 Å². The van der Waals surface area contributed by atoms with Crippen LogP contribution in [0.1, 0.15) is 6.42 Å². The molecule has 0 unspecified atom stereocenters. The van der Waals surface area contributed by atoms with Gasteiger partial charge < -0.3 is 11.1 Å². The Labute approximate surface area is 97.5 Å². The number of fused-ring (bicyclic) bond motifs is 1. The number of hydrogen-bond acceptors (Lipinski definition) is 4. The van der Waals surface area contributed by atoms with E-state index in [0.717, 1.165) is 0 Å². The van der Waals surface area contributed by atoms with E-state index in [1.54, 1.807) is 0 Å². The Morgan fingerprint density at radius 2 is 2.06 bits per heavy atom. The first-order valence-electron chi connectivity index (χ1n) is 4.52. The first-order valence-corrected chi connectivity index (χ1v) is 6.55. The average Bonchev–Trinajstić information content (AvgIpc) is 2.29. The Bertz CT molecular complexity index is 568. The molecule has 1 aromatic carbocycles. The fourth-order valence-corrected chi connectivity index (χ4v) is 3.12. The first-order chi connectivity index (χ1) is 7.40. The predicted molar refractivity (Wildman–Crippen MR) is 61.2 cm³/mol. The fraction of sp³-hybridized carbons (Fsp3) is 0.222. The largest absolute Gasteiger partial charge is 0.397 e. The number of carbonyl (C=O) groups is 1. The van der Waals surface area contributed by atoms with Crippen molar-refractivity contribution in [1.29, 1.82) is 0 Å². The van der Waals surface area contributed by atoms with E-state index < -0.39 is 9.84 Å². The van der Waals surface area contributed by atoms with Crippen molar-refractivity contribution in [2.75, 3.05) is 16.8 Å². The zero-order valence-electron chi connectivity index (χ0n) is 8.16. The summed E-state index contributed by atoms with van der Waals surface area (Å²) in [6, 6.07) is 2.63. The van der Waals surface area contributed by atoms with Crippen molar-refractivity contribution in [1.82, 2.24) is 0 Å². The van der Waals surface area contributed by atoms with Gasteiger partial charge in [-0.3, -0.25) is 4.79 Å². The van der Waals surface area contributed by atoms with Crippen LogP contribution >= 0.6 is 11.6 Å². The average molecular weight is 261 g/mol. The third-order valence-corrected chi connectivity index (χ3v) is 4.38. The maximum Gasteiger partial charge on any atom is 0.225 e. The highest BCUT2D eigenvalue weighted by molar-refractivity contribution is 7.91. The molecule has 0 aromatic heterocycles. The molecule has 3 N–H and O–H groups in total. The van der Waals surface area contributed by atoms with Gasteiger partial charge >= 0.3 is 0 Å². The van der Waals surface area contributed by atoms with Crippen LogP contribution in [0.3, 0.4) is 0 Å². The minimum Gasteiger partial charge on any atom is -0.397 e. The summed E-state index contributed by atoms with van der Waals surface area (Å²) in [6.07, 6.45) is -0.0610. The molecule has 0 bridgehead atoms. The number of nitrogens with one attached hydrogen (secondary N) is 1. The van der Waals surface area contributed by atoms with Crippen LogP contribution in [0, 0.1) is 0 Å². The van der Waals surface area contributed by atoms with Crippen LogP contribution in [0.25, 0.3) is 0 Å². The molecule has 16 heavy (non-hydrogen) atoms. The highest BCUT2D eigenvalue weighted by atomic mass is 35.5. The predicted octanol–water partition coefficient (Wildman–Crippen LogP) is 1.04. The monoisotopic (exact) mass is 260 g/mol. The molecule has 0 spiro atoms. The van der Waals surface area contributed by atoms with Crippen LogP contribution in [0.5, 0.6) is 0 Å². The maximum absolute atomic E-state index is 11.8. The Morgan fingerprint density at radius 3 is 2.75 bits per heavy atom. The summed E-state index contributed by atoms with van der Waals surface area (Å²) in [7, 11) is -3.47. The van der Waals surface area contributed by atoms with E-state index in [2.05, 4.69) is 5.32 Å². The van der Waals surface area contributed by atoms with Gasteiger partial charge in [-0.05, 0) is 12.1 Å². The zero-order chi connectivity index (χ0) is 11.9. The third kappa shape index (κ3) is 1.85. The molecule has 5 nitrogen and oxygen atoms in total. The van der Waals surface area contributed by atoms with Crippen molar-refractivity contribution in [3.63, 3.8) is 0 Å². The van der Waals surface area contributed by atoms with Gasteiger partial charge in [0.25, 0.3) is 0 Å². The second kappa shape index (κ2) is 3.64. The molecule has 1 amide bonds. The second-order valence-electron chi connectivity index (χ2n) is 3.49. The summed E-state index contributed by atoms with van der Waals surface area (Å²) >= 11 is 5.76. The lowest BCUT2D eigenvalue weighted by atomic mass is 10.2. The van der Waals surface area contributed by atoms with Crippen molar-refractivity contribution in [3.8, 4) is 0 Å². The number of anilines is 2. The van der Waals surface area contributed by atoms with Crippen molar-refractivity contribution < 1.29 is 13.2 Å². The normalized spacial score (nSPS) is 18.4. The van der Waals surface area contributed by atoms with Crippen molar-refractivity contribution in [2.45, 2.75) is 11.3 Å². The number of hydrogen-bond donors (Lipinski definition) is 2. The van der Waals surface area contributed by atoms with E-state index in [4.69, 9.17) is 17.3 Å². The fourth-order valence-electron chi connectivity index (χ4n) is 1.48. The number of halogens is 1. The molecule has 86 valence electrons. The van der Waals surface area contributed by atoms with Gasteiger partial charge in [-0.15, -0.1) is 0 Å². The minimum absolute atomic E-state index is 0.0255.